The first-order valence-corrected chi connectivity index (χ1v) is 8.86. The number of amides is 1. The monoisotopic (exact) mass is 335 g/mol. The fourth-order valence-corrected chi connectivity index (χ4v) is 3.58. The zero-order valence-corrected chi connectivity index (χ0v) is 13.9. The molecule has 0 unspecified atom stereocenters. The van der Waals surface area contributed by atoms with E-state index in [0.717, 1.165) is 23.4 Å². The molecule has 4 rings (SSSR count). The molecule has 2 aromatic carbocycles. The minimum absolute atomic E-state index is 0.0540. The van der Waals surface area contributed by atoms with Crippen LogP contribution in [0.5, 0.6) is 0 Å². The Balaban J connectivity index is 1.64. The smallest absolute Gasteiger partial charge is 0.257 e. The maximum atomic E-state index is 13.0. The van der Waals surface area contributed by atoms with Crippen LogP contribution in [0, 0.1) is 0 Å². The molecule has 24 heavy (non-hydrogen) atoms. The number of rotatable bonds is 4. The van der Waals surface area contributed by atoms with Crippen molar-refractivity contribution in [2.75, 3.05) is 11.9 Å². The maximum absolute atomic E-state index is 13.0. The molecular weight excluding hydrogens is 318 g/mol. The van der Waals surface area contributed by atoms with Gasteiger partial charge in [-0.25, -0.2) is 4.98 Å². The van der Waals surface area contributed by atoms with E-state index in [2.05, 4.69) is 22.4 Å². The second-order valence-corrected chi connectivity index (χ2v) is 6.46. The van der Waals surface area contributed by atoms with Crippen LogP contribution in [0.15, 0.2) is 65.5 Å². The number of hydrogen-bond acceptors (Lipinski definition) is 4. The third-order valence-electron chi connectivity index (χ3n) is 4.24. The fourth-order valence-electron chi connectivity index (χ4n) is 3.01. The largest absolute Gasteiger partial charge is 0.359 e. The lowest BCUT2D eigenvalue weighted by Crippen LogP contribution is -2.44. The van der Waals surface area contributed by atoms with E-state index >= 15 is 0 Å². The SMILES string of the molecule is O=C1c2ccccc2N[C@@H](c2cscn2)N1CCc1ccccc1. The van der Waals surface area contributed by atoms with Gasteiger partial charge in [-0.2, -0.15) is 0 Å². The van der Waals surface area contributed by atoms with E-state index in [-0.39, 0.29) is 12.1 Å². The molecule has 1 aliphatic heterocycles. The first-order chi connectivity index (χ1) is 11.8. The molecule has 120 valence electrons. The van der Waals surface area contributed by atoms with Gasteiger partial charge in [0.25, 0.3) is 5.91 Å². The summed E-state index contributed by atoms with van der Waals surface area (Å²) in [5, 5.41) is 5.46. The number of carbonyl (C=O) groups excluding carboxylic acids is 1. The van der Waals surface area contributed by atoms with Crippen molar-refractivity contribution in [1.82, 2.24) is 9.88 Å². The van der Waals surface area contributed by atoms with Crippen molar-refractivity contribution in [2.45, 2.75) is 12.6 Å². The highest BCUT2D eigenvalue weighted by Crippen LogP contribution is 2.32. The van der Waals surface area contributed by atoms with E-state index in [1.54, 1.807) is 16.8 Å². The lowest BCUT2D eigenvalue weighted by molar-refractivity contribution is 0.0682. The van der Waals surface area contributed by atoms with Gasteiger partial charge in [0.05, 0.1) is 16.8 Å². The lowest BCUT2D eigenvalue weighted by Gasteiger charge is -2.37. The zero-order valence-electron chi connectivity index (χ0n) is 13.1. The molecule has 0 fully saturated rings. The Morgan fingerprint density at radius 1 is 1.08 bits per heavy atom. The number of benzene rings is 2. The first-order valence-electron chi connectivity index (χ1n) is 7.91. The molecule has 1 amide bonds. The summed E-state index contributed by atoms with van der Waals surface area (Å²) >= 11 is 1.54. The summed E-state index contributed by atoms with van der Waals surface area (Å²) in [4.78, 5) is 19.3. The Bertz CT molecular complexity index is 833. The van der Waals surface area contributed by atoms with Crippen LogP contribution < -0.4 is 5.32 Å². The molecule has 0 saturated carbocycles. The molecule has 0 aliphatic carbocycles. The Kier molecular flexibility index (Phi) is 4.01. The van der Waals surface area contributed by atoms with Gasteiger partial charge >= 0.3 is 0 Å². The summed E-state index contributed by atoms with van der Waals surface area (Å²) in [6.07, 6.45) is 0.596. The Labute approximate surface area is 144 Å². The van der Waals surface area contributed by atoms with Crippen LogP contribution in [0.2, 0.25) is 0 Å². The highest BCUT2D eigenvalue weighted by atomic mass is 32.1. The number of anilines is 1. The fraction of sp³-hybridized carbons (Fsp3) is 0.158. The number of nitrogens with zero attached hydrogens (tertiary/aromatic N) is 2. The number of aromatic nitrogens is 1. The molecule has 1 N–H and O–H groups in total. The van der Waals surface area contributed by atoms with Crippen molar-refractivity contribution < 1.29 is 4.79 Å². The summed E-state index contributed by atoms with van der Waals surface area (Å²) in [5.41, 5.74) is 5.50. The minimum Gasteiger partial charge on any atom is -0.359 e. The van der Waals surface area contributed by atoms with Crippen LogP contribution in [0.3, 0.4) is 0 Å². The van der Waals surface area contributed by atoms with Gasteiger partial charge in [0.2, 0.25) is 0 Å². The highest BCUT2D eigenvalue weighted by Gasteiger charge is 2.33. The predicted molar refractivity (Wildman–Crippen MR) is 96.1 cm³/mol. The first kappa shape index (κ1) is 14.9. The van der Waals surface area contributed by atoms with Crippen LogP contribution in [0.1, 0.15) is 27.8 Å². The molecule has 4 nitrogen and oxygen atoms in total. The maximum Gasteiger partial charge on any atom is 0.257 e. The van der Waals surface area contributed by atoms with Gasteiger partial charge in [-0.1, -0.05) is 42.5 Å². The number of thiazole rings is 1. The van der Waals surface area contributed by atoms with E-state index < -0.39 is 0 Å². The second-order valence-electron chi connectivity index (χ2n) is 5.74. The van der Waals surface area contributed by atoms with Crippen LogP contribution >= 0.6 is 11.3 Å². The zero-order chi connectivity index (χ0) is 16.4. The molecule has 0 spiro atoms. The third-order valence-corrected chi connectivity index (χ3v) is 4.84. The molecule has 3 aromatic rings. The third kappa shape index (κ3) is 2.78. The van der Waals surface area contributed by atoms with Crippen molar-refractivity contribution in [3.8, 4) is 0 Å². The molecule has 1 aliphatic rings. The lowest BCUT2D eigenvalue weighted by atomic mass is 10.1. The van der Waals surface area contributed by atoms with Crippen molar-refractivity contribution in [1.29, 1.82) is 0 Å². The van der Waals surface area contributed by atoms with Crippen LogP contribution in [-0.2, 0) is 6.42 Å². The van der Waals surface area contributed by atoms with Gasteiger partial charge in [0.1, 0.15) is 6.17 Å². The molecule has 5 heteroatoms. The summed E-state index contributed by atoms with van der Waals surface area (Å²) in [6, 6.07) is 17.9. The number of para-hydroxylation sites is 1. The van der Waals surface area contributed by atoms with E-state index in [1.807, 2.05) is 52.7 Å². The van der Waals surface area contributed by atoms with Gasteiger partial charge < -0.3 is 10.2 Å². The van der Waals surface area contributed by atoms with Gasteiger partial charge in [0, 0.05) is 17.6 Å². The number of carbonyl (C=O) groups is 1. The quantitative estimate of drug-likeness (QED) is 0.785. The molecule has 1 aromatic heterocycles. The van der Waals surface area contributed by atoms with E-state index in [0.29, 0.717) is 6.54 Å². The Morgan fingerprint density at radius 3 is 2.67 bits per heavy atom. The van der Waals surface area contributed by atoms with Crippen molar-refractivity contribution in [2.24, 2.45) is 0 Å². The second kappa shape index (κ2) is 6.45. The van der Waals surface area contributed by atoms with E-state index in [9.17, 15) is 4.79 Å². The van der Waals surface area contributed by atoms with Crippen molar-refractivity contribution >= 4 is 22.9 Å². The molecule has 2 heterocycles. The van der Waals surface area contributed by atoms with Crippen LogP contribution in [-0.4, -0.2) is 22.3 Å². The Morgan fingerprint density at radius 2 is 1.88 bits per heavy atom. The summed E-state index contributed by atoms with van der Waals surface area (Å²) in [5.74, 6) is 0.0540. The normalized spacial score (nSPS) is 16.6. The standard InChI is InChI=1S/C19H17N3OS/c23-19-15-8-4-5-9-16(15)21-18(17-12-24-13-20-17)22(19)11-10-14-6-2-1-3-7-14/h1-9,12-13,18,21H,10-11H2/t18-/m1/s1. The predicted octanol–water partition coefficient (Wildman–Crippen LogP) is 3.95. The van der Waals surface area contributed by atoms with Gasteiger partial charge in [-0.3, -0.25) is 4.79 Å². The topological polar surface area (TPSA) is 45.2 Å². The average molecular weight is 335 g/mol. The van der Waals surface area contributed by atoms with E-state index in [4.69, 9.17) is 0 Å². The molecule has 1 atom stereocenters. The molecular formula is C19H17N3OS. The molecule has 0 saturated heterocycles. The van der Waals surface area contributed by atoms with Crippen LogP contribution in [0.4, 0.5) is 5.69 Å². The molecule has 0 radical (unpaired) electrons. The summed E-state index contributed by atoms with van der Waals surface area (Å²) in [6.45, 7) is 0.645. The summed E-state index contributed by atoms with van der Waals surface area (Å²) in [7, 11) is 0. The van der Waals surface area contributed by atoms with Gasteiger partial charge in [-0.05, 0) is 24.1 Å². The summed E-state index contributed by atoms with van der Waals surface area (Å²) < 4.78 is 0. The van der Waals surface area contributed by atoms with Crippen molar-refractivity contribution in [3.05, 3.63) is 82.3 Å². The number of nitrogens with one attached hydrogen (secondary N) is 1. The average Bonchev–Trinajstić information content (AvgIpc) is 3.16. The van der Waals surface area contributed by atoms with E-state index in [1.165, 1.54) is 5.56 Å². The van der Waals surface area contributed by atoms with Gasteiger partial charge in [0.15, 0.2) is 0 Å². The highest BCUT2D eigenvalue weighted by molar-refractivity contribution is 7.07. The number of hydrogen-bond donors (Lipinski definition) is 1. The molecule has 0 bridgehead atoms. The minimum atomic E-state index is -0.220. The number of fused-ring (bicyclic) bond motifs is 1. The van der Waals surface area contributed by atoms with Crippen LogP contribution in [0.25, 0.3) is 0 Å². The van der Waals surface area contributed by atoms with Crippen molar-refractivity contribution in [3.63, 3.8) is 0 Å². The Hall–Kier alpha value is -2.66. The van der Waals surface area contributed by atoms with Gasteiger partial charge in [-0.15, -0.1) is 11.3 Å².